The van der Waals surface area contributed by atoms with Crippen molar-refractivity contribution in [3.63, 3.8) is 0 Å². The number of rotatable bonds is 3. The van der Waals surface area contributed by atoms with Crippen LogP contribution in [0.5, 0.6) is 0 Å². The van der Waals surface area contributed by atoms with Gasteiger partial charge in [-0.3, -0.25) is 9.59 Å². The molecule has 1 aliphatic heterocycles. The maximum absolute atomic E-state index is 12.4. The van der Waals surface area contributed by atoms with Gasteiger partial charge in [-0.25, -0.2) is 0 Å². The smallest absolute Gasteiger partial charge is 0.251 e. The quantitative estimate of drug-likeness (QED) is 0.882. The molecule has 1 saturated heterocycles. The van der Waals surface area contributed by atoms with Crippen LogP contribution in [0.1, 0.15) is 42.5 Å². The van der Waals surface area contributed by atoms with E-state index in [1.807, 2.05) is 4.90 Å². The Balaban J connectivity index is 1.51. The van der Waals surface area contributed by atoms with Gasteiger partial charge in [0.15, 0.2) is 0 Å². The Bertz CT molecular complexity index is 635. The Kier molecular flexibility index (Phi) is 5.67. The van der Waals surface area contributed by atoms with Gasteiger partial charge >= 0.3 is 0 Å². The maximum atomic E-state index is 12.4. The Labute approximate surface area is 152 Å². The molecule has 2 amide bonds. The summed E-state index contributed by atoms with van der Waals surface area (Å²) in [6.07, 6.45) is 6.23. The maximum Gasteiger partial charge on any atom is 0.251 e. The summed E-state index contributed by atoms with van der Waals surface area (Å²) >= 11 is 11.8. The third-order valence-corrected chi connectivity index (χ3v) is 5.96. The minimum absolute atomic E-state index is 0.00701. The first kappa shape index (κ1) is 17.6. The Morgan fingerprint density at radius 3 is 2.58 bits per heavy atom. The highest BCUT2D eigenvalue weighted by molar-refractivity contribution is 6.42. The summed E-state index contributed by atoms with van der Waals surface area (Å²) in [5.41, 5.74) is 0.406. The summed E-state index contributed by atoms with van der Waals surface area (Å²) in [5.74, 6) is 1.11. The fraction of sp³-hybridized carbons (Fsp3) is 0.556. The van der Waals surface area contributed by atoms with E-state index in [0.29, 0.717) is 21.5 Å². The van der Waals surface area contributed by atoms with Gasteiger partial charge in [0.25, 0.3) is 5.91 Å². The van der Waals surface area contributed by atoms with Crippen LogP contribution in [-0.2, 0) is 4.79 Å². The van der Waals surface area contributed by atoms with Gasteiger partial charge in [0.05, 0.1) is 16.6 Å². The van der Waals surface area contributed by atoms with Crippen LogP contribution in [0, 0.1) is 11.8 Å². The topological polar surface area (TPSA) is 49.4 Å². The molecule has 1 aromatic carbocycles. The number of nitrogens with zero attached hydrogens (tertiary/aromatic N) is 1. The summed E-state index contributed by atoms with van der Waals surface area (Å²) in [7, 11) is 0. The minimum atomic E-state index is -0.311. The van der Waals surface area contributed by atoms with Gasteiger partial charge in [-0.1, -0.05) is 42.5 Å². The third kappa shape index (κ3) is 4.04. The number of fused-ring (bicyclic) bond motifs is 1. The molecule has 1 aromatic rings. The number of carbonyl (C=O) groups is 2. The molecule has 2 atom stereocenters. The molecule has 0 aromatic heterocycles. The van der Waals surface area contributed by atoms with Gasteiger partial charge in [0, 0.05) is 18.7 Å². The molecule has 1 N–H and O–H groups in total. The standard InChI is InChI=1S/C18H22Cl2N2O2/c19-15-6-5-13(9-16(15)20)18(24)21-10-17(23)22-8-7-12-3-1-2-4-14(12)11-22/h5-6,9,12,14H,1-4,7-8,10-11H2,(H,21,24)/t12-,14+/m1/s1. The summed E-state index contributed by atoms with van der Waals surface area (Å²) < 4.78 is 0. The van der Waals surface area contributed by atoms with Gasteiger partial charge in [-0.2, -0.15) is 0 Å². The van der Waals surface area contributed by atoms with Crippen LogP contribution in [0.15, 0.2) is 18.2 Å². The third-order valence-electron chi connectivity index (χ3n) is 5.23. The number of amides is 2. The van der Waals surface area contributed by atoms with E-state index >= 15 is 0 Å². The largest absolute Gasteiger partial charge is 0.343 e. The zero-order chi connectivity index (χ0) is 17.1. The molecule has 3 rings (SSSR count). The predicted molar refractivity (Wildman–Crippen MR) is 95.4 cm³/mol. The van der Waals surface area contributed by atoms with E-state index in [2.05, 4.69) is 5.32 Å². The van der Waals surface area contributed by atoms with Crippen LogP contribution in [0.3, 0.4) is 0 Å². The lowest BCUT2D eigenvalue weighted by Crippen LogP contribution is -2.48. The minimum Gasteiger partial charge on any atom is -0.343 e. The first-order valence-corrected chi connectivity index (χ1v) is 9.31. The van der Waals surface area contributed by atoms with Crippen LogP contribution < -0.4 is 5.32 Å². The van der Waals surface area contributed by atoms with Crippen molar-refractivity contribution in [1.82, 2.24) is 10.2 Å². The average molecular weight is 369 g/mol. The number of halogens is 2. The molecule has 1 saturated carbocycles. The van der Waals surface area contributed by atoms with Crippen LogP contribution in [-0.4, -0.2) is 36.3 Å². The van der Waals surface area contributed by atoms with Crippen LogP contribution in [0.4, 0.5) is 0 Å². The molecule has 24 heavy (non-hydrogen) atoms. The molecule has 1 aliphatic carbocycles. The summed E-state index contributed by atoms with van der Waals surface area (Å²) in [6.45, 7) is 1.67. The second-order valence-corrected chi connectivity index (χ2v) is 7.56. The monoisotopic (exact) mass is 368 g/mol. The number of likely N-dealkylation sites (tertiary alicyclic amines) is 1. The Morgan fingerprint density at radius 2 is 1.83 bits per heavy atom. The van der Waals surface area contributed by atoms with E-state index in [1.54, 1.807) is 12.1 Å². The highest BCUT2D eigenvalue weighted by atomic mass is 35.5. The van der Waals surface area contributed by atoms with E-state index in [4.69, 9.17) is 23.2 Å². The van der Waals surface area contributed by atoms with Gasteiger partial charge < -0.3 is 10.2 Å². The van der Waals surface area contributed by atoms with Gasteiger partial charge in [-0.05, 0) is 42.9 Å². The first-order valence-electron chi connectivity index (χ1n) is 8.55. The van der Waals surface area contributed by atoms with Crippen molar-refractivity contribution in [1.29, 1.82) is 0 Å². The molecule has 1 heterocycles. The zero-order valence-electron chi connectivity index (χ0n) is 13.6. The number of piperidine rings is 1. The van der Waals surface area contributed by atoms with E-state index < -0.39 is 0 Å². The van der Waals surface area contributed by atoms with E-state index in [-0.39, 0.29) is 18.4 Å². The van der Waals surface area contributed by atoms with Crippen molar-refractivity contribution in [2.45, 2.75) is 32.1 Å². The molecular weight excluding hydrogens is 347 g/mol. The molecule has 0 bridgehead atoms. The number of carbonyl (C=O) groups excluding carboxylic acids is 2. The van der Waals surface area contributed by atoms with Gasteiger partial charge in [0.1, 0.15) is 0 Å². The highest BCUT2D eigenvalue weighted by Crippen LogP contribution is 2.35. The summed E-state index contributed by atoms with van der Waals surface area (Å²) in [5, 5.41) is 3.41. The van der Waals surface area contributed by atoms with Crippen LogP contribution >= 0.6 is 23.2 Å². The van der Waals surface area contributed by atoms with Crippen molar-refractivity contribution in [3.8, 4) is 0 Å². The van der Waals surface area contributed by atoms with Gasteiger partial charge in [0.2, 0.25) is 5.91 Å². The summed E-state index contributed by atoms with van der Waals surface area (Å²) in [4.78, 5) is 26.4. The number of hydrogen-bond acceptors (Lipinski definition) is 2. The second kappa shape index (κ2) is 7.75. The lowest BCUT2D eigenvalue weighted by atomic mass is 9.75. The Morgan fingerprint density at radius 1 is 1.08 bits per heavy atom. The average Bonchev–Trinajstić information content (AvgIpc) is 2.61. The SMILES string of the molecule is O=C(NCC(=O)N1CC[C@H]2CCCC[C@H]2C1)c1ccc(Cl)c(Cl)c1. The fourth-order valence-electron chi connectivity index (χ4n) is 3.83. The van der Waals surface area contributed by atoms with E-state index in [0.717, 1.165) is 25.4 Å². The van der Waals surface area contributed by atoms with E-state index in [9.17, 15) is 9.59 Å². The fourth-order valence-corrected chi connectivity index (χ4v) is 4.13. The van der Waals surface area contributed by atoms with Crippen molar-refractivity contribution < 1.29 is 9.59 Å². The molecule has 2 fully saturated rings. The van der Waals surface area contributed by atoms with Crippen LogP contribution in [0.25, 0.3) is 0 Å². The number of nitrogens with one attached hydrogen (secondary N) is 1. The Hall–Kier alpha value is -1.26. The molecule has 0 spiro atoms. The molecular formula is C18H22Cl2N2O2. The highest BCUT2D eigenvalue weighted by Gasteiger charge is 2.32. The normalized spacial score (nSPS) is 23.5. The molecule has 2 aliphatic rings. The van der Waals surface area contributed by atoms with Crippen molar-refractivity contribution in [2.24, 2.45) is 11.8 Å². The molecule has 4 nitrogen and oxygen atoms in total. The number of hydrogen-bond donors (Lipinski definition) is 1. The number of benzene rings is 1. The van der Waals surface area contributed by atoms with Crippen molar-refractivity contribution >= 4 is 35.0 Å². The van der Waals surface area contributed by atoms with Crippen LogP contribution in [0.2, 0.25) is 10.0 Å². The van der Waals surface area contributed by atoms with E-state index in [1.165, 1.54) is 31.7 Å². The summed E-state index contributed by atoms with van der Waals surface area (Å²) in [6, 6.07) is 4.69. The molecule has 0 unspecified atom stereocenters. The molecule has 0 radical (unpaired) electrons. The van der Waals surface area contributed by atoms with Gasteiger partial charge in [-0.15, -0.1) is 0 Å². The zero-order valence-corrected chi connectivity index (χ0v) is 15.1. The lowest BCUT2D eigenvalue weighted by molar-refractivity contribution is -0.133. The lowest BCUT2D eigenvalue weighted by Gasteiger charge is -2.41. The van der Waals surface area contributed by atoms with Crippen molar-refractivity contribution in [2.75, 3.05) is 19.6 Å². The predicted octanol–water partition coefficient (Wildman–Crippen LogP) is 3.76. The first-order chi connectivity index (χ1) is 11.5. The molecule has 6 heteroatoms. The van der Waals surface area contributed by atoms with Crippen molar-refractivity contribution in [3.05, 3.63) is 33.8 Å². The molecule has 130 valence electrons. The second-order valence-electron chi connectivity index (χ2n) is 6.74.